The molecule has 0 saturated carbocycles. The fourth-order valence-electron chi connectivity index (χ4n) is 0. The average Bonchev–Trinajstić information content (AvgIpc) is 0. The minimum absolute atomic E-state index is 0. The van der Waals surface area contributed by atoms with E-state index in [2.05, 4.69) is 0 Å². The van der Waals surface area contributed by atoms with Gasteiger partial charge in [-0.05, 0) is 0 Å². The maximum Gasteiger partial charge on any atom is 1.00 e. The van der Waals surface area contributed by atoms with Crippen LogP contribution in [0.1, 0.15) is 0 Å². The van der Waals surface area contributed by atoms with Gasteiger partial charge in [0.15, 0.2) is 0 Å². The normalized spacial score (nSPS) is 0. The van der Waals surface area contributed by atoms with Crippen LogP contribution in [0.4, 0.5) is 0 Å². The van der Waals surface area contributed by atoms with Crippen LogP contribution in [0.25, 0.3) is 0 Å². The summed E-state index contributed by atoms with van der Waals surface area (Å²) < 4.78 is 0. The molecule has 0 amide bonds. The summed E-state index contributed by atoms with van der Waals surface area (Å²) in [6, 6.07) is 0. The number of halogens is 1. The van der Waals surface area contributed by atoms with Crippen molar-refractivity contribution in [1.29, 1.82) is 0 Å². The maximum atomic E-state index is 0. The van der Waals surface area contributed by atoms with E-state index in [9.17, 15) is 0 Å². The zero-order valence-electron chi connectivity index (χ0n) is 2.38. The Bertz CT molecular complexity index is 6.00. The number of rotatable bonds is 0. The fourth-order valence-corrected chi connectivity index (χ4v) is 0. The minimum Gasteiger partial charge on any atom is -1.00 e. The Morgan fingerprint density at radius 2 is 0.750 bits per heavy atom. The van der Waals surface area contributed by atoms with E-state index in [0.29, 0.717) is 0 Å². The molecule has 0 aromatic carbocycles. The molecule has 4 heavy (non-hydrogen) atoms. The van der Waals surface area contributed by atoms with E-state index in [1.165, 1.54) is 0 Å². The topological polar surface area (TPSA) is 63.0 Å². The standard InChI is InChI=1S/BrH.Li.2H2O/h1H;;2*1H2/q;+1;;/p-1. The van der Waals surface area contributed by atoms with Crippen LogP contribution in [0.5, 0.6) is 0 Å². The largest absolute Gasteiger partial charge is 1.00 e. The summed E-state index contributed by atoms with van der Waals surface area (Å²) in [6.07, 6.45) is 0. The molecule has 0 rings (SSSR count). The van der Waals surface area contributed by atoms with Crippen molar-refractivity contribution in [1.82, 2.24) is 0 Å². The minimum atomic E-state index is 0. The molecular formula is H4BrLiO2. The van der Waals surface area contributed by atoms with Crippen LogP contribution in [-0.2, 0) is 0 Å². The molecule has 0 fully saturated rings. The van der Waals surface area contributed by atoms with E-state index in [4.69, 9.17) is 0 Å². The van der Waals surface area contributed by atoms with Gasteiger partial charge in [-0.15, -0.1) is 0 Å². The van der Waals surface area contributed by atoms with Crippen LogP contribution < -0.4 is 35.8 Å². The first-order valence-corrected chi connectivity index (χ1v) is 0. The van der Waals surface area contributed by atoms with Gasteiger partial charge < -0.3 is 27.9 Å². The van der Waals surface area contributed by atoms with Gasteiger partial charge in [-0.25, -0.2) is 0 Å². The Morgan fingerprint density at radius 1 is 0.750 bits per heavy atom. The number of hydrogen-bond donors (Lipinski definition) is 0. The van der Waals surface area contributed by atoms with Crippen molar-refractivity contribution < 1.29 is 46.8 Å². The molecule has 0 bridgehead atoms. The van der Waals surface area contributed by atoms with Gasteiger partial charge in [0, 0.05) is 0 Å². The molecule has 0 unspecified atom stereocenters. The molecule has 24 valence electrons. The molecule has 0 atom stereocenters. The summed E-state index contributed by atoms with van der Waals surface area (Å²) in [4.78, 5) is 0. The second-order valence-electron chi connectivity index (χ2n) is 0. The Balaban J connectivity index is 0. The third kappa shape index (κ3) is 12.0. The fraction of sp³-hybridized carbons (Fsp3) is 0. The van der Waals surface area contributed by atoms with E-state index in [1.807, 2.05) is 0 Å². The van der Waals surface area contributed by atoms with Crippen molar-refractivity contribution in [3.8, 4) is 0 Å². The van der Waals surface area contributed by atoms with Gasteiger partial charge in [-0.2, -0.15) is 0 Å². The average molecular weight is 123 g/mol. The van der Waals surface area contributed by atoms with E-state index < -0.39 is 0 Å². The van der Waals surface area contributed by atoms with Crippen LogP contribution in [0.3, 0.4) is 0 Å². The van der Waals surface area contributed by atoms with E-state index in [1.54, 1.807) is 0 Å². The summed E-state index contributed by atoms with van der Waals surface area (Å²) in [6.45, 7) is 0. The van der Waals surface area contributed by atoms with Crippen molar-refractivity contribution >= 4 is 0 Å². The second kappa shape index (κ2) is 36.1. The van der Waals surface area contributed by atoms with Gasteiger partial charge in [-0.1, -0.05) is 0 Å². The molecule has 0 heterocycles. The van der Waals surface area contributed by atoms with Gasteiger partial charge in [0.05, 0.1) is 0 Å². The third-order valence-electron chi connectivity index (χ3n) is 0. The Kier molecular flexibility index (Phi) is 724. The second-order valence-corrected chi connectivity index (χ2v) is 0. The summed E-state index contributed by atoms with van der Waals surface area (Å²) in [7, 11) is 0. The number of hydrogen-bond acceptors (Lipinski definition) is 0. The van der Waals surface area contributed by atoms with Crippen LogP contribution in [0.15, 0.2) is 0 Å². The molecule has 0 radical (unpaired) electrons. The smallest absolute Gasteiger partial charge is 1.00 e. The Morgan fingerprint density at radius 3 is 0.750 bits per heavy atom. The molecule has 4 heteroatoms. The van der Waals surface area contributed by atoms with Crippen LogP contribution in [0, 0.1) is 0 Å². The van der Waals surface area contributed by atoms with Crippen LogP contribution in [-0.4, -0.2) is 11.0 Å². The summed E-state index contributed by atoms with van der Waals surface area (Å²) in [5.41, 5.74) is 0. The third-order valence-corrected chi connectivity index (χ3v) is 0. The maximum absolute atomic E-state index is 0. The first-order chi connectivity index (χ1) is 0. The van der Waals surface area contributed by atoms with Gasteiger partial charge in [0.1, 0.15) is 0 Å². The van der Waals surface area contributed by atoms with Crippen molar-refractivity contribution in [3.63, 3.8) is 0 Å². The first kappa shape index (κ1) is 80.3. The summed E-state index contributed by atoms with van der Waals surface area (Å²) >= 11 is 0. The van der Waals surface area contributed by atoms with Crippen molar-refractivity contribution in [2.45, 2.75) is 0 Å². The molecule has 4 N–H and O–H groups in total. The van der Waals surface area contributed by atoms with E-state index >= 15 is 0 Å². The SMILES string of the molecule is O.O.[Br-].[Li+]. The molecule has 0 aliphatic carbocycles. The molecule has 0 aliphatic heterocycles. The summed E-state index contributed by atoms with van der Waals surface area (Å²) in [5.74, 6) is 0. The van der Waals surface area contributed by atoms with Gasteiger partial charge in [0.25, 0.3) is 0 Å². The van der Waals surface area contributed by atoms with Crippen LogP contribution in [0.2, 0.25) is 0 Å². The molecule has 2 nitrogen and oxygen atoms in total. The zero-order valence-corrected chi connectivity index (χ0v) is 3.96. The van der Waals surface area contributed by atoms with E-state index in [0.717, 1.165) is 0 Å². The monoisotopic (exact) mass is 122 g/mol. The molecular weight excluding hydrogens is 119 g/mol. The zero-order chi connectivity index (χ0) is 0. The van der Waals surface area contributed by atoms with Gasteiger partial charge in [0.2, 0.25) is 0 Å². The predicted octanol–water partition coefficient (Wildman–Crippen LogP) is -7.64. The molecule has 0 saturated heterocycles. The molecule has 0 aromatic heterocycles. The quantitative estimate of drug-likeness (QED) is 0.287. The van der Waals surface area contributed by atoms with E-state index in [-0.39, 0.29) is 46.8 Å². The van der Waals surface area contributed by atoms with Crippen molar-refractivity contribution in [2.24, 2.45) is 0 Å². The molecule has 0 aliphatic rings. The predicted molar refractivity (Wildman–Crippen MR) is 7.23 cm³/mol. The Hall–Kier alpha value is 0.997. The van der Waals surface area contributed by atoms with Gasteiger partial charge in [-0.3, -0.25) is 0 Å². The van der Waals surface area contributed by atoms with Gasteiger partial charge >= 0.3 is 18.9 Å². The van der Waals surface area contributed by atoms with Crippen molar-refractivity contribution in [2.75, 3.05) is 0 Å². The first-order valence-electron chi connectivity index (χ1n) is 0. The molecule has 0 spiro atoms. The Labute approximate surface area is 47.1 Å². The summed E-state index contributed by atoms with van der Waals surface area (Å²) in [5, 5.41) is 0. The molecule has 0 aromatic rings. The van der Waals surface area contributed by atoms with Crippen molar-refractivity contribution in [3.05, 3.63) is 0 Å². The van der Waals surface area contributed by atoms with Crippen LogP contribution >= 0.6 is 0 Å².